The minimum Gasteiger partial charge on any atom is -0.462 e. The van der Waals surface area contributed by atoms with Gasteiger partial charge in [-0.3, -0.25) is 18.6 Å². The molecule has 2 unspecified atom stereocenters. The number of unbranched alkanes of at least 4 members (excludes halogenated alkanes) is 28. The first kappa shape index (κ1) is 66.5. The van der Waals surface area contributed by atoms with Gasteiger partial charge in [0.2, 0.25) is 0 Å². The van der Waals surface area contributed by atoms with E-state index in [0.29, 0.717) is 6.42 Å². The third-order valence-corrected chi connectivity index (χ3v) is 13.1. The van der Waals surface area contributed by atoms with Crippen molar-refractivity contribution in [3.63, 3.8) is 0 Å². The Morgan fingerprint density at radius 2 is 0.797 bits per heavy atom. The van der Waals surface area contributed by atoms with Crippen molar-refractivity contribution in [1.29, 1.82) is 0 Å². The minimum absolute atomic E-state index is 0.0513. The van der Waals surface area contributed by atoms with Crippen LogP contribution in [0.5, 0.6) is 0 Å². The lowest BCUT2D eigenvalue weighted by Gasteiger charge is -2.19. The van der Waals surface area contributed by atoms with E-state index in [2.05, 4.69) is 86.8 Å². The highest BCUT2D eigenvalue weighted by Gasteiger charge is 2.26. The van der Waals surface area contributed by atoms with Crippen LogP contribution in [0.4, 0.5) is 0 Å². The minimum atomic E-state index is -4.39. The van der Waals surface area contributed by atoms with Crippen LogP contribution in [0.2, 0.25) is 0 Å². The van der Waals surface area contributed by atoms with E-state index in [1.165, 1.54) is 141 Å². The number of carbonyl (C=O) groups excluding carboxylic acids is 2. The lowest BCUT2D eigenvalue weighted by Crippen LogP contribution is -2.29. The topological polar surface area (TPSA) is 134 Å². The predicted molar refractivity (Wildman–Crippen MR) is 293 cm³/mol. The maximum atomic E-state index is 12.7. The second-order valence-electron chi connectivity index (χ2n) is 18.8. The first-order valence-corrected chi connectivity index (χ1v) is 29.9. The summed E-state index contributed by atoms with van der Waals surface area (Å²) in [7, 11) is -4.39. The Morgan fingerprint density at radius 1 is 0.449 bits per heavy atom. The van der Waals surface area contributed by atoms with Crippen LogP contribution in [0.3, 0.4) is 0 Å². The van der Waals surface area contributed by atoms with E-state index in [9.17, 15) is 19.0 Å². The zero-order chi connectivity index (χ0) is 50.2. The van der Waals surface area contributed by atoms with Crippen LogP contribution < -0.4 is 5.73 Å². The summed E-state index contributed by atoms with van der Waals surface area (Å²) >= 11 is 0. The SMILES string of the molecule is CC/C=C\C/C=C\C/C=C\C/C=C\C/C=C\C/C=C\CCCCCCCCCCCCC(=O)OC(COC(=O)CCCCCCCCCCCCCCCCCCCCC)COP(=O)(O)OCCN. The molecule has 0 aliphatic heterocycles. The monoisotopic (exact) mass is 988 g/mol. The lowest BCUT2D eigenvalue weighted by atomic mass is 10.0. The normalized spacial score (nSPS) is 13.6. The summed E-state index contributed by atoms with van der Waals surface area (Å²) in [6.07, 6.45) is 69.5. The number of rotatable bonds is 53. The molecule has 3 N–H and O–H groups in total. The lowest BCUT2D eigenvalue weighted by molar-refractivity contribution is -0.161. The average molecular weight is 988 g/mol. The summed E-state index contributed by atoms with van der Waals surface area (Å²) < 4.78 is 33.0. The van der Waals surface area contributed by atoms with Crippen molar-refractivity contribution in [2.45, 2.75) is 264 Å². The van der Waals surface area contributed by atoms with Crippen molar-refractivity contribution in [3.8, 4) is 0 Å². The van der Waals surface area contributed by atoms with Crippen molar-refractivity contribution in [3.05, 3.63) is 72.9 Å². The molecule has 400 valence electrons. The van der Waals surface area contributed by atoms with E-state index in [4.69, 9.17) is 24.3 Å². The van der Waals surface area contributed by atoms with E-state index in [0.717, 1.165) is 83.5 Å². The third kappa shape index (κ3) is 54.6. The highest BCUT2D eigenvalue weighted by molar-refractivity contribution is 7.47. The van der Waals surface area contributed by atoms with Crippen LogP contribution in [-0.4, -0.2) is 49.3 Å². The number of phosphoric ester groups is 1. The van der Waals surface area contributed by atoms with E-state index < -0.39 is 26.5 Å². The molecular formula is C59H106NO8P. The number of carbonyl (C=O) groups is 2. The van der Waals surface area contributed by atoms with Crippen LogP contribution in [0.25, 0.3) is 0 Å². The summed E-state index contributed by atoms with van der Waals surface area (Å²) in [5, 5.41) is 0. The van der Waals surface area contributed by atoms with Crippen molar-refractivity contribution in [2.24, 2.45) is 5.73 Å². The molecule has 0 aromatic carbocycles. The number of phosphoric acid groups is 1. The second kappa shape index (κ2) is 54.8. The van der Waals surface area contributed by atoms with Gasteiger partial charge in [-0.05, 0) is 64.2 Å². The van der Waals surface area contributed by atoms with Gasteiger partial charge in [-0.25, -0.2) is 4.57 Å². The maximum Gasteiger partial charge on any atom is 0.472 e. The Labute approximate surface area is 424 Å². The van der Waals surface area contributed by atoms with Gasteiger partial charge in [-0.1, -0.05) is 254 Å². The van der Waals surface area contributed by atoms with Crippen LogP contribution in [0.1, 0.15) is 258 Å². The van der Waals surface area contributed by atoms with Gasteiger partial charge >= 0.3 is 19.8 Å². The fourth-order valence-electron chi connectivity index (χ4n) is 7.93. The molecule has 0 bridgehead atoms. The zero-order valence-electron chi connectivity index (χ0n) is 44.5. The maximum absolute atomic E-state index is 12.7. The first-order chi connectivity index (χ1) is 33.8. The van der Waals surface area contributed by atoms with Gasteiger partial charge in [-0.15, -0.1) is 0 Å². The van der Waals surface area contributed by atoms with E-state index >= 15 is 0 Å². The summed E-state index contributed by atoms with van der Waals surface area (Å²) in [6.45, 7) is 3.65. The molecule has 0 amide bonds. The second-order valence-corrected chi connectivity index (χ2v) is 20.2. The Kier molecular flexibility index (Phi) is 52.8. The van der Waals surface area contributed by atoms with E-state index in [1.807, 2.05) is 0 Å². The van der Waals surface area contributed by atoms with Crippen LogP contribution >= 0.6 is 7.82 Å². The number of nitrogens with two attached hydrogens (primary N) is 1. The quantitative estimate of drug-likeness (QED) is 0.0264. The third-order valence-electron chi connectivity index (χ3n) is 12.1. The van der Waals surface area contributed by atoms with Gasteiger partial charge in [0.15, 0.2) is 6.10 Å². The molecule has 0 heterocycles. The molecule has 69 heavy (non-hydrogen) atoms. The van der Waals surface area contributed by atoms with E-state index in [-0.39, 0.29) is 38.6 Å². The molecule has 10 heteroatoms. The smallest absolute Gasteiger partial charge is 0.462 e. The van der Waals surface area contributed by atoms with Crippen molar-refractivity contribution >= 4 is 19.8 Å². The Balaban J connectivity index is 3.99. The molecule has 0 saturated carbocycles. The van der Waals surface area contributed by atoms with Crippen molar-refractivity contribution in [1.82, 2.24) is 0 Å². The summed E-state index contributed by atoms with van der Waals surface area (Å²) in [5.74, 6) is -0.825. The molecule has 0 aliphatic carbocycles. The molecule has 0 saturated heterocycles. The molecule has 0 spiro atoms. The van der Waals surface area contributed by atoms with Gasteiger partial charge in [0.05, 0.1) is 13.2 Å². The van der Waals surface area contributed by atoms with Crippen LogP contribution in [-0.2, 0) is 32.7 Å². The van der Waals surface area contributed by atoms with Crippen molar-refractivity contribution in [2.75, 3.05) is 26.4 Å². The van der Waals surface area contributed by atoms with Gasteiger partial charge in [0, 0.05) is 19.4 Å². The average Bonchev–Trinajstić information content (AvgIpc) is 3.34. The van der Waals surface area contributed by atoms with Gasteiger partial charge in [-0.2, -0.15) is 0 Å². The molecule has 0 aromatic heterocycles. The highest BCUT2D eigenvalue weighted by atomic mass is 31.2. The largest absolute Gasteiger partial charge is 0.472 e. The predicted octanol–water partition coefficient (Wildman–Crippen LogP) is 17.7. The Bertz CT molecular complexity index is 1360. The molecule has 0 fully saturated rings. The Morgan fingerprint density at radius 3 is 1.19 bits per heavy atom. The molecule has 2 atom stereocenters. The van der Waals surface area contributed by atoms with Gasteiger partial charge in [0.25, 0.3) is 0 Å². The molecule has 0 radical (unpaired) electrons. The Hall–Kier alpha value is -2.55. The highest BCUT2D eigenvalue weighted by Crippen LogP contribution is 2.43. The zero-order valence-corrected chi connectivity index (χ0v) is 45.4. The summed E-state index contributed by atoms with van der Waals surface area (Å²) in [4.78, 5) is 35.2. The molecule has 0 aromatic rings. The summed E-state index contributed by atoms with van der Waals surface area (Å²) in [6, 6.07) is 0. The van der Waals surface area contributed by atoms with Gasteiger partial charge < -0.3 is 20.1 Å². The summed E-state index contributed by atoms with van der Waals surface area (Å²) in [5.41, 5.74) is 5.38. The molecule has 0 rings (SSSR count). The molecule has 0 aliphatic rings. The molecular weight excluding hydrogens is 882 g/mol. The molecule has 9 nitrogen and oxygen atoms in total. The number of allylic oxidation sites excluding steroid dienone is 12. The number of ether oxygens (including phenoxy) is 2. The number of hydrogen-bond donors (Lipinski definition) is 2. The standard InChI is InChI=1S/C59H106NO8P/c1-3-5-7-9-11-13-15-17-19-21-23-24-25-26-27-28-29-30-31-32-34-36-38-40-42-44-46-48-50-52-59(62)68-57(56-67-69(63,64)66-54-53-60)55-65-58(61)51-49-47-45-43-41-39-37-35-33-22-20-18-16-14-12-10-8-6-4-2/h5,7,11,13,17,19,23-24,26-27,29-30,57H,3-4,6,8-10,12,14-16,18,20-22,25,28,31-56,60H2,1-2H3,(H,63,64)/b7-5-,13-11-,19-17-,24-23-,27-26-,30-29-. The number of hydrogen-bond acceptors (Lipinski definition) is 8. The van der Waals surface area contributed by atoms with Gasteiger partial charge in [0.1, 0.15) is 6.61 Å². The van der Waals surface area contributed by atoms with Crippen molar-refractivity contribution < 1.29 is 37.6 Å². The fraction of sp³-hybridized carbons (Fsp3) is 0.763. The fourth-order valence-corrected chi connectivity index (χ4v) is 8.70. The number of esters is 2. The van der Waals surface area contributed by atoms with Crippen LogP contribution in [0, 0.1) is 0 Å². The van der Waals surface area contributed by atoms with E-state index in [1.54, 1.807) is 0 Å². The van der Waals surface area contributed by atoms with Crippen LogP contribution in [0.15, 0.2) is 72.9 Å². The first-order valence-electron chi connectivity index (χ1n) is 28.4.